The molecule has 5 heteroatoms. The fraction of sp³-hybridized carbons (Fsp3) is 0.231. The first kappa shape index (κ1) is 12.6. The first-order chi connectivity index (χ1) is 8.78. The number of amides is 1. The van der Waals surface area contributed by atoms with Gasteiger partial charge in [-0.1, -0.05) is 30.3 Å². The van der Waals surface area contributed by atoms with Crippen molar-refractivity contribution in [3.63, 3.8) is 0 Å². The molecule has 1 N–H and O–H groups in total. The standard InChI is InChI=1S/C13H14N2O2S/c1-17-13(16)14-8-11-9-18-12(15-11)7-10-5-3-2-4-6-10/h2-6,9H,7-8H2,1H3,(H,14,16). The maximum absolute atomic E-state index is 10.9. The average Bonchev–Trinajstić information content (AvgIpc) is 2.85. The number of rotatable bonds is 4. The number of carbonyl (C=O) groups is 1. The molecule has 18 heavy (non-hydrogen) atoms. The molecule has 0 aliphatic rings. The Morgan fingerprint density at radius 1 is 1.39 bits per heavy atom. The van der Waals surface area contributed by atoms with Crippen LogP contribution in [0.3, 0.4) is 0 Å². The lowest BCUT2D eigenvalue weighted by Gasteiger charge is -2.00. The lowest BCUT2D eigenvalue weighted by Crippen LogP contribution is -2.22. The number of thiazole rings is 1. The van der Waals surface area contributed by atoms with E-state index in [0.717, 1.165) is 17.1 Å². The van der Waals surface area contributed by atoms with Crippen LogP contribution >= 0.6 is 11.3 Å². The predicted molar refractivity (Wildman–Crippen MR) is 70.6 cm³/mol. The minimum Gasteiger partial charge on any atom is -0.453 e. The molecule has 0 atom stereocenters. The van der Waals surface area contributed by atoms with Gasteiger partial charge in [-0.05, 0) is 5.56 Å². The van der Waals surface area contributed by atoms with E-state index in [9.17, 15) is 4.79 Å². The summed E-state index contributed by atoms with van der Waals surface area (Å²) in [5, 5.41) is 5.61. The Morgan fingerprint density at radius 3 is 2.89 bits per heavy atom. The average molecular weight is 262 g/mol. The van der Waals surface area contributed by atoms with Gasteiger partial charge in [0.1, 0.15) is 0 Å². The summed E-state index contributed by atoms with van der Waals surface area (Å²) in [5.41, 5.74) is 2.09. The van der Waals surface area contributed by atoms with Gasteiger partial charge in [0.15, 0.2) is 0 Å². The van der Waals surface area contributed by atoms with Crippen molar-refractivity contribution < 1.29 is 9.53 Å². The number of carbonyl (C=O) groups excluding carboxylic acids is 1. The Labute approximate surface area is 110 Å². The fourth-order valence-electron chi connectivity index (χ4n) is 1.52. The van der Waals surface area contributed by atoms with E-state index < -0.39 is 6.09 Å². The Kier molecular flexibility index (Phi) is 4.30. The molecule has 1 heterocycles. The number of methoxy groups -OCH3 is 1. The van der Waals surface area contributed by atoms with E-state index in [2.05, 4.69) is 27.2 Å². The van der Waals surface area contributed by atoms with Crippen LogP contribution in [0.15, 0.2) is 35.7 Å². The molecule has 0 saturated carbocycles. The summed E-state index contributed by atoms with van der Waals surface area (Å²) in [7, 11) is 1.34. The molecule has 2 rings (SSSR count). The molecule has 1 aromatic heterocycles. The van der Waals surface area contributed by atoms with E-state index >= 15 is 0 Å². The molecule has 0 saturated heterocycles. The minimum atomic E-state index is -0.437. The van der Waals surface area contributed by atoms with Crippen LogP contribution < -0.4 is 5.32 Å². The summed E-state index contributed by atoms with van der Waals surface area (Å²) in [6.07, 6.45) is 0.386. The third kappa shape index (κ3) is 3.56. The van der Waals surface area contributed by atoms with Gasteiger partial charge in [0, 0.05) is 11.8 Å². The zero-order valence-electron chi connectivity index (χ0n) is 10.1. The molecule has 2 aromatic rings. The molecular weight excluding hydrogens is 248 g/mol. The number of hydrogen-bond donors (Lipinski definition) is 1. The second-order valence-corrected chi connectivity index (χ2v) is 4.68. The van der Waals surface area contributed by atoms with Crippen LogP contribution in [0.5, 0.6) is 0 Å². The van der Waals surface area contributed by atoms with E-state index in [0.29, 0.717) is 6.54 Å². The first-order valence-electron chi connectivity index (χ1n) is 5.57. The number of nitrogens with zero attached hydrogens (tertiary/aromatic N) is 1. The van der Waals surface area contributed by atoms with E-state index in [-0.39, 0.29) is 0 Å². The lowest BCUT2D eigenvalue weighted by atomic mass is 10.2. The van der Waals surface area contributed by atoms with E-state index in [1.54, 1.807) is 11.3 Å². The van der Waals surface area contributed by atoms with Crippen molar-refractivity contribution in [2.75, 3.05) is 7.11 Å². The van der Waals surface area contributed by atoms with Gasteiger partial charge in [-0.3, -0.25) is 0 Å². The summed E-state index contributed by atoms with van der Waals surface area (Å²) in [6, 6.07) is 10.2. The second-order valence-electron chi connectivity index (χ2n) is 3.74. The third-order valence-electron chi connectivity index (χ3n) is 2.40. The third-order valence-corrected chi connectivity index (χ3v) is 3.29. The topological polar surface area (TPSA) is 51.2 Å². The van der Waals surface area contributed by atoms with Crippen molar-refractivity contribution in [2.45, 2.75) is 13.0 Å². The number of ether oxygens (including phenoxy) is 1. The largest absolute Gasteiger partial charge is 0.453 e. The minimum absolute atomic E-state index is 0.401. The Morgan fingerprint density at radius 2 is 2.17 bits per heavy atom. The van der Waals surface area contributed by atoms with Gasteiger partial charge < -0.3 is 10.1 Å². The highest BCUT2D eigenvalue weighted by atomic mass is 32.1. The Hall–Kier alpha value is -1.88. The number of benzene rings is 1. The number of nitrogens with one attached hydrogen (secondary N) is 1. The summed E-state index contributed by atoms with van der Waals surface area (Å²) < 4.78 is 4.50. The molecule has 4 nitrogen and oxygen atoms in total. The van der Waals surface area contributed by atoms with Gasteiger partial charge in [0.2, 0.25) is 0 Å². The molecule has 0 aliphatic carbocycles. The molecule has 94 valence electrons. The van der Waals surface area contributed by atoms with Crippen LogP contribution in [-0.2, 0) is 17.7 Å². The summed E-state index contributed by atoms with van der Waals surface area (Å²) in [5.74, 6) is 0. The lowest BCUT2D eigenvalue weighted by molar-refractivity contribution is 0.170. The van der Waals surface area contributed by atoms with Crippen LogP contribution in [0.2, 0.25) is 0 Å². The van der Waals surface area contributed by atoms with Gasteiger partial charge in [-0.15, -0.1) is 11.3 Å². The van der Waals surface area contributed by atoms with E-state index in [4.69, 9.17) is 0 Å². The molecule has 0 spiro atoms. The van der Waals surface area contributed by atoms with Crippen molar-refractivity contribution >= 4 is 17.4 Å². The summed E-state index contributed by atoms with van der Waals surface area (Å²) >= 11 is 1.60. The first-order valence-corrected chi connectivity index (χ1v) is 6.45. The van der Waals surface area contributed by atoms with Gasteiger partial charge in [-0.25, -0.2) is 9.78 Å². The molecule has 0 fully saturated rings. The van der Waals surface area contributed by atoms with Gasteiger partial charge >= 0.3 is 6.09 Å². The van der Waals surface area contributed by atoms with E-state index in [1.807, 2.05) is 23.6 Å². The summed E-state index contributed by atoms with van der Waals surface area (Å²) in [6.45, 7) is 0.401. The number of hydrogen-bond acceptors (Lipinski definition) is 4. The van der Waals surface area contributed by atoms with Crippen LogP contribution in [0.25, 0.3) is 0 Å². The molecule has 0 bridgehead atoms. The van der Waals surface area contributed by atoms with Crippen LogP contribution in [0.1, 0.15) is 16.3 Å². The molecule has 1 aromatic carbocycles. The number of alkyl carbamates (subject to hydrolysis) is 1. The molecule has 1 amide bonds. The molecule has 0 aliphatic heterocycles. The van der Waals surface area contributed by atoms with Gasteiger partial charge in [-0.2, -0.15) is 0 Å². The van der Waals surface area contributed by atoms with Crippen molar-refractivity contribution in [1.29, 1.82) is 0 Å². The fourth-order valence-corrected chi connectivity index (χ4v) is 2.34. The maximum Gasteiger partial charge on any atom is 0.407 e. The van der Waals surface area contributed by atoms with Crippen LogP contribution in [0, 0.1) is 0 Å². The van der Waals surface area contributed by atoms with Crippen LogP contribution in [-0.4, -0.2) is 18.2 Å². The quantitative estimate of drug-likeness (QED) is 0.921. The second kappa shape index (κ2) is 6.16. The zero-order valence-corrected chi connectivity index (χ0v) is 10.9. The normalized spacial score (nSPS) is 10.1. The Balaban J connectivity index is 1.92. The molecule has 0 radical (unpaired) electrons. The molecule has 0 unspecified atom stereocenters. The zero-order chi connectivity index (χ0) is 12.8. The highest BCUT2D eigenvalue weighted by molar-refractivity contribution is 7.09. The van der Waals surface area contributed by atoms with Crippen molar-refractivity contribution in [2.24, 2.45) is 0 Å². The highest BCUT2D eigenvalue weighted by Gasteiger charge is 2.05. The van der Waals surface area contributed by atoms with Gasteiger partial charge in [0.25, 0.3) is 0 Å². The monoisotopic (exact) mass is 262 g/mol. The summed E-state index contributed by atoms with van der Waals surface area (Å²) in [4.78, 5) is 15.4. The molecular formula is C13H14N2O2S. The smallest absolute Gasteiger partial charge is 0.407 e. The highest BCUT2D eigenvalue weighted by Crippen LogP contribution is 2.14. The van der Waals surface area contributed by atoms with Crippen molar-refractivity contribution in [3.05, 3.63) is 52.0 Å². The predicted octanol–water partition coefficient (Wildman–Crippen LogP) is 2.59. The van der Waals surface area contributed by atoms with E-state index in [1.165, 1.54) is 12.7 Å². The van der Waals surface area contributed by atoms with Crippen molar-refractivity contribution in [3.8, 4) is 0 Å². The van der Waals surface area contributed by atoms with Crippen LogP contribution in [0.4, 0.5) is 4.79 Å². The number of aromatic nitrogens is 1. The maximum atomic E-state index is 10.9. The SMILES string of the molecule is COC(=O)NCc1csc(Cc2ccccc2)n1. The van der Waals surface area contributed by atoms with Crippen molar-refractivity contribution in [1.82, 2.24) is 10.3 Å². The Bertz CT molecular complexity index is 511. The van der Waals surface area contributed by atoms with Gasteiger partial charge in [0.05, 0.1) is 24.4 Å².